The Balaban J connectivity index is 2.19. The van der Waals surface area contributed by atoms with Crippen LogP contribution in [-0.4, -0.2) is 46.2 Å². The van der Waals surface area contributed by atoms with Gasteiger partial charge in [-0.3, -0.25) is 4.90 Å². The summed E-state index contributed by atoms with van der Waals surface area (Å²) in [6, 6.07) is -0.374. The number of ether oxygens (including phenoxy) is 1. The van der Waals surface area contributed by atoms with Gasteiger partial charge < -0.3 is 14.0 Å². The molecule has 8 nitrogen and oxygen atoms in total. The highest BCUT2D eigenvalue weighted by molar-refractivity contribution is 5.92. The number of hydrogen-bond donors (Lipinski definition) is 0. The van der Waals surface area contributed by atoms with E-state index in [4.69, 9.17) is 14.0 Å². The number of nitrogens with zero attached hydrogens (tertiary/aromatic N) is 4. The fourth-order valence-electron chi connectivity index (χ4n) is 1.96. The molecule has 8 heteroatoms. The van der Waals surface area contributed by atoms with Crippen molar-refractivity contribution < 1.29 is 18.8 Å². The maximum atomic E-state index is 12.2. The zero-order valence-electron chi connectivity index (χ0n) is 12.0. The van der Waals surface area contributed by atoms with E-state index >= 15 is 0 Å². The quantitative estimate of drug-likeness (QED) is 0.768. The van der Waals surface area contributed by atoms with Crippen LogP contribution in [0.2, 0.25) is 0 Å². The Morgan fingerprint density at radius 3 is 2.85 bits per heavy atom. The second-order valence-electron chi connectivity index (χ2n) is 5.45. The second-order valence-corrected chi connectivity index (χ2v) is 5.45. The molecule has 0 aromatic carbocycles. The minimum atomic E-state index is -0.572. The number of oxime groups is 1. The molecule has 0 radical (unpaired) electrons. The van der Waals surface area contributed by atoms with Crippen LogP contribution in [0.15, 0.2) is 16.0 Å². The zero-order valence-corrected chi connectivity index (χ0v) is 12.0. The van der Waals surface area contributed by atoms with Gasteiger partial charge in [0.05, 0.1) is 12.3 Å². The predicted octanol–water partition coefficient (Wildman–Crippen LogP) is 1.75. The maximum Gasteiger partial charge on any atom is 0.411 e. The third-order valence-electron chi connectivity index (χ3n) is 2.67. The van der Waals surface area contributed by atoms with E-state index in [1.165, 1.54) is 18.4 Å². The lowest BCUT2D eigenvalue weighted by Crippen LogP contribution is -2.37. The van der Waals surface area contributed by atoms with Gasteiger partial charge >= 0.3 is 6.09 Å². The van der Waals surface area contributed by atoms with Gasteiger partial charge in [0.1, 0.15) is 18.8 Å². The van der Waals surface area contributed by atoms with Crippen molar-refractivity contribution in [2.75, 3.05) is 13.7 Å². The normalized spacial score (nSPS) is 21.3. The average Bonchev–Trinajstić information content (AvgIpc) is 2.93. The Kier molecular flexibility index (Phi) is 3.91. The molecule has 2 rings (SSSR count). The van der Waals surface area contributed by atoms with Crippen molar-refractivity contribution in [2.45, 2.75) is 38.8 Å². The third-order valence-corrected chi connectivity index (χ3v) is 2.67. The van der Waals surface area contributed by atoms with Gasteiger partial charge in [-0.15, -0.1) is 10.2 Å². The first kappa shape index (κ1) is 14.3. The minimum Gasteiger partial charge on any atom is -0.444 e. The molecule has 0 aliphatic carbocycles. The fourth-order valence-corrected chi connectivity index (χ4v) is 1.96. The molecule has 20 heavy (non-hydrogen) atoms. The van der Waals surface area contributed by atoms with Crippen LogP contribution in [0.4, 0.5) is 4.79 Å². The van der Waals surface area contributed by atoms with Gasteiger partial charge in [0.15, 0.2) is 0 Å². The largest absolute Gasteiger partial charge is 0.444 e. The van der Waals surface area contributed by atoms with E-state index in [0.717, 1.165) is 5.71 Å². The molecule has 0 saturated carbocycles. The lowest BCUT2D eigenvalue weighted by molar-refractivity contribution is 0.0208. The van der Waals surface area contributed by atoms with Gasteiger partial charge in [-0.2, -0.15) is 0 Å². The Morgan fingerprint density at radius 2 is 2.30 bits per heavy atom. The summed E-state index contributed by atoms with van der Waals surface area (Å²) in [6.45, 7) is 5.75. The van der Waals surface area contributed by atoms with Gasteiger partial charge in [-0.1, -0.05) is 5.16 Å². The molecule has 1 aromatic rings. The van der Waals surface area contributed by atoms with Crippen molar-refractivity contribution in [1.29, 1.82) is 0 Å². The summed E-state index contributed by atoms with van der Waals surface area (Å²) in [5.74, 6) is 0.358. The van der Waals surface area contributed by atoms with E-state index in [1.54, 1.807) is 0 Å². The molecule has 110 valence electrons. The van der Waals surface area contributed by atoms with Crippen LogP contribution in [0.5, 0.6) is 0 Å². The first-order chi connectivity index (χ1) is 9.40. The smallest absolute Gasteiger partial charge is 0.411 e. The predicted molar refractivity (Wildman–Crippen MR) is 69.0 cm³/mol. The first-order valence-electron chi connectivity index (χ1n) is 6.25. The van der Waals surface area contributed by atoms with Crippen molar-refractivity contribution >= 4 is 11.8 Å². The third kappa shape index (κ3) is 3.25. The Hall–Kier alpha value is -2.12. The van der Waals surface area contributed by atoms with E-state index in [9.17, 15) is 4.79 Å². The summed E-state index contributed by atoms with van der Waals surface area (Å²) in [6.07, 6.45) is 1.27. The number of carbonyl (C=O) groups excluding carboxylic acids is 1. The van der Waals surface area contributed by atoms with Crippen LogP contribution >= 0.6 is 0 Å². The summed E-state index contributed by atoms with van der Waals surface area (Å²) in [4.78, 5) is 18.5. The number of amides is 1. The van der Waals surface area contributed by atoms with Crippen molar-refractivity contribution in [3.8, 4) is 0 Å². The first-order valence-corrected chi connectivity index (χ1v) is 6.25. The summed E-state index contributed by atoms with van der Waals surface area (Å²) in [5, 5.41) is 11.4. The molecular formula is C12H18N4O4. The van der Waals surface area contributed by atoms with Crippen LogP contribution in [0.3, 0.4) is 0 Å². The number of hydrogen-bond acceptors (Lipinski definition) is 7. The van der Waals surface area contributed by atoms with E-state index in [0.29, 0.717) is 18.9 Å². The highest BCUT2D eigenvalue weighted by Gasteiger charge is 2.39. The number of aromatic nitrogens is 2. The molecule has 1 amide bonds. The van der Waals surface area contributed by atoms with Crippen LogP contribution in [0, 0.1) is 0 Å². The lowest BCUT2D eigenvalue weighted by atomic mass is 10.2. The summed E-state index contributed by atoms with van der Waals surface area (Å²) >= 11 is 0. The Morgan fingerprint density at radius 1 is 1.55 bits per heavy atom. The summed E-state index contributed by atoms with van der Waals surface area (Å²) in [5.41, 5.74) is 0.152. The van der Waals surface area contributed by atoms with E-state index in [2.05, 4.69) is 15.4 Å². The van der Waals surface area contributed by atoms with Crippen molar-refractivity contribution in [3.05, 3.63) is 12.3 Å². The van der Waals surface area contributed by atoms with E-state index < -0.39 is 11.7 Å². The summed E-state index contributed by atoms with van der Waals surface area (Å²) < 4.78 is 10.6. The van der Waals surface area contributed by atoms with Crippen molar-refractivity contribution in [1.82, 2.24) is 15.1 Å². The maximum absolute atomic E-state index is 12.2. The Labute approximate surface area is 116 Å². The number of rotatable bonds is 2. The molecular weight excluding hydrogens is 264 g/mol. The molecule has 1 aliphatic heterocycles. The molecule has 1 fully saturated rings. The van der Waals surface area contributed by atoms with Crippen LogP contribution < -0.4 is 0 Å². The van der Waals surface area contributed by atoms with Crippen LogP contribution in [-0.2, 0) is 9.57 Å². The van der Waals surface area contributed by atoms with E-state index in [1.807, 2.05) is 20.8 Å². The molecule has 1 aromatic heterocycles. The van der Waals surface area contributed by atoms with E-state index in [-0.39, 0.29) is 6.04 Å². The SMILES string of the molecule is CO/N=C1\C[C@@H](c2nnco2)N(C(=O)OC(C)(C)C)C1. The van der Waals surface area contributed by atoms with Crippen LogP contribution in [0.1, 0.15) is 39.1 Å². The minimum absolute atomic E-state index is 0.315. The van der Waals surface area contributed by atoms with Crippen molar-refractivity contribution in [2.24, 2.45) is 5.16 Å². The highest BCUT2D eigenvalue weighted by atomic mass is 16.6. The Bertz CT molecular complexity index is 492. The van der Waals surface area contributed by atoms with Gasteiger partial charge in [-0.05, 0) is 20.8 Å². The van der Waals surface area contributed by atoms with Gasteiger partial charge in [0, 0.05) is 6.42 Å². The van der Waals surface area contributed by atoms with Crippen LogP contribution in [0.25, 0.3) is 0 Å². The van der Waals surface area contributed by atoms with Crippen molar-refractivity contribution in [3.63, 3.8) is 0 Å². The molecule has 0 bridgehead atoms. The molecule has 1 atom stereocenters. The van der Waals surface area contributed by atoms with Gasteiger partial charge in [0.25, 0.3) is 0 Å². The van der Waals surface area contributed by atoms with Gasteiger partial charge in [-0.25, -0.2) is 4.79 Å². The topological polar surface area (TPSA) is 90.1 Å². The second kappa shape index (κ2) is 5.48. The molecule has 1 saturated heterocycles. The fraction of sp³-hybridized carbons (Fsp3) is 0.667. The average molecular weight is 282 g/mol. The molecule has 0 N–H and O–H groups in total. The lowest BCUT2D eigenvalue weighted by Gasteiger charge is -2.26. The highest BCUT2D eigenvalue weighted by Crippen LogP contribution is 2.30. The van der Waals surface area contributed by atoms with Gasteiger partial charge in [0.2, 0.25) is 12.3 Å². The number of carbonyl (C=O) groups is 1. The molecule has 0 unspecified atom stereocenters. The monoisotopic (exact) mass is 282 g/mol. The number of likely N-dealkylation sites (tertiary alicyclic amines) is 1. The molecule has 0 spiro atoms. The zero-order chi connectivity index (χ0) is 14.8. The molecule has 1 aliphatic rings. The standard InChI is InChI=1S/C12H18N4O4/c1-12(2,3)20-11(17)16-6-8(15-18-4)5-9(16)10-14-13-7-19-10/h7,9H,5-6H2,1-4H3/b15-8+/t9-/m0/s1. The summed E-state index contributed by atoms with van der Waals surface area (Å²) in [7, 11) is 1.46. The molecule has 2 heterocycles.